The Morgan fingerprint density at radius 1 is 1.13 bits per heavy atom. The molecular weight excluding hydrogens is 448 g/mol. The molecule has 0 fully saturated rings. The highest BCUT2D eigenvalue weighted by Crippen LogP contribution is 2.38. The van der Waals surface area contributed by atoms with Gasteiger partial charge in [0.25, 0.3) is 11.1 Å². The van der Waals surface area contributed by atoms with Gasteiger partial charge in [-0.2, -0.15) is 0 Å². The summed E-state index contributed by atoms with van der Waals surface area (Å²) in [4.78, 5) is 42.8. The molecule has 4 aromatic rings. The molecule has 9 heteroatoms. The molecule has 0 aliphatic heterocycles. The zero-order valence-electron chi connectivity index (χ0n) is 18.0. The Morgan fingerprint density at radius 2 is 1.90 bits per heavy atom. The van der Waals surface area contributed by atoms with Crippen molar-refractivity contribution in [3.8, 4) is 0 Å². The lowest BCUT2D eigenvalue weighted by molar-refractivity contribution is 0.584. The minimum Gasteiger partial charge on any atom is -0.309 e. The number of thioether (sulfide) groups is 1. The molecule has 162 valence electrons. The summed E-state index contributed by atoms with van der Waals surface area (Å²) in [6.45, 7) is 8.68. The molecule has 0 bridgehead atoms. The molecule has 0 radical (unpaired) electrons. The van der Waals surface area contributed by atoms with Crippen molar-refractivity contribution >= 4 is 54.9 Å². The Hall–Kier alpha value is -1.97. The van der Waals surface area contributed by atoms with E-state index >= 15 is 0 Å². The molecule has 5 rings (SSSR count). The number of rotatable bonds is 5. The van der Waals surface area contributed by atoms with Crippen molar-refractivity contribution in [3.05, 3.63) is 47.4 Å². The maximum absolute atomic E-state index is 13.4. The van der Waals surface area contributed by atoms with Gasteiger partial charge in [0.05, 0.1) is 16.0 Å². The van der Waals surface area contributed by atoms with Crippen molar-refractivity contribution in [3.63, 3.8) is 0 Å². The van der Waals surface area contributed by atoms with Gasteiger partial charge in [0.2, 0.25) is 0 Å². The zero-order chi connectivity index (χ0) is 21.9. The quantitative estimate of drug-likeness (QED) is 0.322. The van der Waals surface area contributed by atoms with Crippen LogP contribution in [0, 0.1) is 13.8 Å². The second-order valence-corrected chi connectivity index (χ2v) is 11.7. The average Bonchev–Trinajstić information content (AvgIpc) is 3.38. The summed E-state index contributed by atoms with van der Waals surface area (Å²) in [5.41, 5.74) is 2.18. The molecule has 1 unspecified atom stereocenters. The van der Waals surface area contributed by atoms with Crippen molar-refractivity contribution in [1.29, 1.82) is 0 Å². The third-order valence-electron chi connectivity index (χ3n) is 5.96. The minimum atomic E-state index is -0.140. The fraction of sp³-hybridized carbons (Fsp3) is 0.455. The summed E-state index contributed by atoms with van der Waals surface area (Å²) in [7, 11) is 0. The Bertz CT molecular complexity index is 1440. The molecule has 0 amide bonds. The van der Waals surface area contributed by atoms with Gasteiger partial charge in [0, 0.05) is 16.3 Å². The number of hydrogen-bond donors (Lipinski definition) is 1. The second kappa shape index (κ2) is 7.86. The predicted octanol–water partition coefficient (Wildman–Crippen LogP) is 5.12. The molecule has 0 spiro atoms. The van der Waals surface area contributed by atoms with Crippen LogP contribution in [0.2, 0.25) is 0 Å². The van der Waals surface area contributed by atoms with Gasteiger partial charge >= 0.3 is 0 Å². The molecule has 0 aromatic carbocycles. The largest absolute Gasteiger partial charge is 0.309 e. The third-order valence-corrected chi connectivity index (χ3v) is 9.35. The lowest BCUT2D eigenvalue weighted by Crippen LogP contribution is -2.23. The Morgan fingerprint density at radius 3 is 2.68 bits per heavy atom. The van der Waals surface area contributed by atoms with E-state index in [1.54, 1.807) is 22.7 Å². The van der Waals surface area contributed by atoms with E-state index in [4.69, 9.17) is 9.97 Å². The van der Waals surface area contributed by atoms with E-state index < -0.39 is 0 Å². The van der Waals surface area contributed by atoms with Crippen LogP contribution >= 0.6 is 34.4 Å². The highest BCUT2D eigenvalue weighted by atomic mass is 32.2. The van der Waals surface area contributed by atoms with Gasteiger partial charge in [-0.05, 0) is 57.6 Å². The Balaban J connectivity index is 1.58. The summed E-state index contributed by atoms with van der Waals surface area (Å²) in [6, 6.07) is 0. The molecule has 1 N–H and O–H groups in total. The van der Waals surface area contributed by atoms with Crippen molar-refractivity contribution in [2.75, 3.05) is 0 Å². The summed E-state index contributed by atoms with van der Waals surface area (Å²) in [6.07, 6.45) is 4.01. The van der Waals surface area contributed by atoms with Crippen molar-refractivity contribution in [1.82, 2.24) is 19.5 Å². The molecule has 6 nitrogen and oxygen atoms in total. The van der Waals surface area contributed by atoms with Crippen LogP contribution in [0.25, 0.3) is 20.4 Å². The first-order valence-electron chi connectivity index (χ1n) is 10.6. The number of nitrogens with one attached hydrogen (secondary N) is 1. The van der Waals surface area contributed by atoms with Crippen molar-refractivity contribution in [2.45, 2.75) is 70.3 Å². The van der Waals surface area contributed by atoms with Crippen LogP contribution in [0.4, 0.5) is 0 Å². The number of hydrogen-bond acceptors (Lipinski definition) is 7. The van der Waals surface area contributed by atoms with Gasteiger partial charge in [0.1, 0.15) is 15.5 Å². The third kappa shape index (κ3) is 3.37. The van der Waals surface area contributed by atoms with Crippen molar-refractivity contribution < 1.29 is 0 Å². The fourth-order valence-electron chi connectivity index (χ4n) is 4.25. The van der Waals surface area contributed by atoms with Gasteiger partial charge in [-0.15, -0.1) is 22.7 Å². The predicted molar refractivity (Wildman–Crippen MR) is 130 cm³/mol. The zero-order valence-corrected chi connectivity index (χ0v) is 20.4. The number of H-pyrrole nitrogens is 1. The van der Waals surface area contributed by atoms with Gasteiger partial charge < -0.3 is 4.98 Å². The number of aryl methyl sites for hydroxylation is 4. The molecule has 0 saturated carbocycles. The van der Waals surface area contributed by atoms with E-state index in [0.717, 1.165) is 51.2 Å². The van der Waals surface area contributed by atoms with Crippen LogP contribution in [0.15, 0.2) is 14.7 Å². The van der Waals surface area contributed by atoms with E-state index in [1.165, 1.54) is 22.2 Å². The molecular formula is C22H24N4O2S3. The number of thiophene rings is 2. The maximum atomic E-state index is 13.4. The van der Waals surface area contributed by atoms with Gasteiger partial charge in [-0.1, -0.05) is 18.7 Å². The molecule has 4 aromatic heterocycles. The van der Waals surface area contributed by atoms with E-state index in [1.807, 2.05) is 25.3 Å². The van der Waals surface area contributed by atoms with E-state index in [0.29, 0.717) is 22.9 Å². The molecule has 0 saturated heterocycles. The van der Waals surface area contributed by atoms with Crippen LogP contribution in [-0.4, -0.2) is 19.5 Å². The molecule has 1 aliphatic rings. The number of aromatic amines is 1. The van der Waals surface area contributed by atoms with Crippen molar-refractivity contribution in [2.24, 2.45) is 0 Å². The molecule has 1 aliphatic carbocycles. The average molecular weight is 473 g/mol. The van der Waals surface area contributed by atoms with E-state index in [-0.39, 0.29) is 16.4 Å². The van der Waals surface area contributed by atoms with Crippen LogP contribution in [0.3, 0.4) is 0 Å². The summed E-state index contributed by atoms with van der Waals surface area (Å²) >= 11 is 4.71. The SMILES string of the molecule is CCCn1c(SC(C)c2nc3sc(C)c(C)c3c(=O)[nH]2)nc2sc3c(c2c1=O)CCC3. The van der Waals surface area contributed by atoms with Gasteiger partial charge in [-0.3, -0.25) is 14.2 Å². The summed E-state index contributed by atoms with van der Waals surface area (Å²) < 4.78 is 1.81. The summed E-state index contributed by atoms with van der Waals surface area (Å²) in [5.74, 6) is 0.620. The normalized spacial score (nSPS) is 14.6. The highest BCUT2D eigenvalue weighted by Gasteiger charge is 2.24. The van der Waals surface area contributed by atoms with Crippen LogP contribution in [-0.2, 0) is 19.4 Å². The first-order valence-corrected chi connectivity index (χ1v) is 13.1. The Kier molecular flexibility index (Phi) is 5.30. The van der Waals surface area contributed by atoms with Crippen LogP contribution < -0.4 is 11.1 Å². The smallest absolute Gasteiger partial charge is 0.263 e. The number of fused-ring (bicyclic) bond motifs is 4. The number of aromatic nitrogens is 4. The monoisotopic (exact) mass is 472 g/mol. The topological polar surface area (TPSA) is 80.6 Å². The Labute approximate surface area is 191 Å². The molecule has 31 heavy (non-hydrogen) atoms. The van der Waals surface area contributed by atoms with Gasteiger partial charge in [0.15, 0.2) is 5.16 Å². The van der Waals surface area contributed by atoms with Crippen LogP contribution in [0.5, 0.6) is 0 Å². The first-order chi connectivity index (χ1) is 14.9. The highest BCUT2D eigenvalue weighted by molar-refractivity contribution is 7.99. The van der Waals surface area contributed by atoms with E-state index in [2.05, 4.69) is 11.9 Å². The number of nitrogens with zero attached hydrogens (tertiary/aromatic N) is 3. The van der Waals surface area contributed by atoms with Gasteiger partial charge in [-0.25, -0.2) is 9.97 Å². The second-order valence-electron chi connectivity index (χ2n) is 8.06. The molecule has 4 heterocycles. The molecule has 1 atom stereocenters. The lowest BCUT2D eigenvalue weighted by atomic mass is 10.2. The standard InChI is InChI=1S/C22H24N4O2S3/c1-5-9-26-21(28)16-13-7-6-8-14(13)31-20(16)25-22(26)30-12(4)17-23-18(27)15-10(2)11(3)29-19(15)24-17/h12H,5-9H2,1-4H3,(H,23,24,27). The summed E-state index contributed by atoms with van der Waals surface area (Å²) in [5, 5.41) is 2.06. The fourth-order valence-corrected chi connectivity index (χ4v) is 7.58. The van der Waals surface area contributed by atoms with E-state index in [9.17, 15) is 9.59 Å². The first kappa shape index (κ1) is 20.9. The maximum Gasteiger partial charge on any atom is 0.263 e. The van der Waals surface area contributed by atoms with Crippen LogP contribution in [0.1, 0.15) is 58.6 Å². The lowest BCUT2D eigenvalue weighted by Gasteiger charge is -2.15. The minimum absolute atomic E-state index is 0.0716.